The summed E-state index contributed by atoms with van der Waals surface area (Å²) in [6.45, 7) is 4.32. The summed E-state index contributed by atoms with van der Waals surface area (Å²) >= 11 is 1.77. The second kappa shape index (κ2) is 6.40. The van der Waals surface area contributed by atoms with E-state index < -0.39 is 10.8 Å². The molecule has 1 aromatic rings. The van der Waals surface area contributed by atoms with Crippen molar-refractivity contribution in [2.75, 3.05) is 12.0 Å². The standard InChI is InChI=1S/C11H19NOS2/c1-9(6-8-15(3)13)12-10(2)11-5-4-7-14-11/h4-5,7,9-10,12H,6,8H2,1-3H3. The first-order valence-electron chi connectivity index (χ1n) is 5.19. The summed E-state index contributed by atoms with van der Waals surface area (Å²) in [5.74, 6) is 0.783. The molecule has 1 heterocycles. The molecule has 0 fully saturated rings. The van der Waals surface area contributed by atoms with E-state index in [1.54, 1.807) is 17.6 Å². The Labute approximate surface area is 98.6 Å². The van der Waals surface area contributed by atoms with Gasteiger partial charge in [0.25, 0.3) is 0 Å². The highest BCUT2D eigenvalue weighted by atomic mass is 32.2. The second-order valence-electron chi connectivity index (χ2n) is 3.87. The molecule has 0 aromatic carbocycles. The number of thiophene rings is 1. The lowest BCUT2D eigenvalue weighted by Gasteiger charge is -2.18. The fraction of sp³-hybridized carbons (Fsp3) is 0.636. The Morgan fingerprint density at radius 3 is 2.80 bits per heavy atom. The highest BCUT2D eigenvalue weighted by Gasteiger charge is 2.10. The molecule has 1 N–H and O–H groups in total. The first kappa shape index (κ1) is 12.9. The normalized spacial score (nSPS) is 17.3. The SMILES string of the molecule is CC(CCS(C)=O)NC(C)c1cccs1. The molecule has 86 valence electrons. The van der Waals surface area contributed by atoms with E-state index >= 15 is 0 Å². The number of hydrogen-bond donors (Lipinski definition) is 1. The van der Waals surface area contributed by atoms with Crippen molar-refractivity contribution >= 4 is 22.1 Å². The minimum absolute atomic E-state index is 0.394. The number of rotatable bonds is 6. The van der Waals surface area contributed by atoms with Crippen LogP contribution >= 0.6 is 11.3 Å². The topological polar surface area (TPSA) is 29.1 Å². The van der Waals surface area contributed by atoms with Crippen LogP contribution in [0, 0.1) is 0 Å². The lowest BCUT2D eigenvalue weighted by Crippen LogP contribution is -2.29. The molecule has 0 spiro atoms. The molecule has 3 unspecified atom stereocenters. The maximum Gasteiger partial charge on any atom is 0.0388 e. The van der Waals surface area contributed by atoms with E-state index in [2.05, 4.69) is 36.7 Å². The third-order valence-electron chi connectivity index (χ3n) is 2.34. The summed E-state index contributed by atoms with van der Waals surface area (Å²) in [4.78, 5) is 1.36. The highest BCUT2D eigenvalue weighted by Crippen LogP contribution is 2.18. The maximum absolute atomic E-state index is 10.9. The molecule has 1 rings (SSSR count). The van der Waals surface area contributed by atoms with E-state index in [1.807, 2.05) is 0 Å². The molecule has 0 saturated carbocycles. The first-order chi connectivity index (χ1) is 7.09. The van der Waals surface area contributed by atoms with Gasteiger partial charge in [0.05, 0.1) is 0 Å². The molecule has 0 saturated heterocycles. The molecular formula is C11H19NOS2. The minimum atomic E-state index is -0.675. The van der Waals surface area contributed by atoms with Gasteiger partial charge in [-0.3, -0.25) is 4.21 Å². The molecule has 0 amide bonds. The van der Waals surface area contributed by atoms with Crippen LogP contribution in [0.15, 0.2) is 17.5 Å². The smallest absolute Gasteiger partial charge is 0.0388 e. The maximum atomic E-state index is 10.9. The Hall–Kier alpha value is -0.190. The molecule has 2 nitrogen and oxygen atoms in total. The molecule has 0 aliphatic heterocycles. The Kier molecular flexibility index (Phi) is 5.50. The van der Waals surface area contributed by atoms with Gasteiger partial charge in [-0.05, 0) is 31.7 Å². The third-order valence-corrected chi connectivity index (χ3v) is 4.21. The summed E-state index contributed by atoms with van der Waals surface area (Å²) in [6, 6.07) is 5.04. The van der Waals surface area contributed by atoms with Crippen LogP contribution in [0.5, 0.6) is 0 Å². The predicted molar refractivity (Wildman–Crippen MR) is 68.9 cm³/mol. The molecule has 1 aromatic heterocycles. The minimum Gasteiger partial charge on any atom is -0.307 e. The van der Waals surface area contributed by atoms with Gasteiger partial charge in [-0.1, -0.05) is 6.07 Å². The van der Waals surface area contributed by atoms with Crippen LogP contribution in [0.4, 0.5) is 0 Å². The van der Waals surface area contributed by atoms with Crippen molar-refractivity contribution < 1.29 is 4.21 Å². The lowest BCUT2D eigenvalue weighted by atomic mass is 10.2. The predicted octanol–water partition coefficient (Wildman–Crippen LogP) is 2.56. The molecule has 0 radical (unpaired) electrons. The zero-order valence-electron chi connectivity index (χ0n) is 9.53. The van der Waals surface area contributed by atoms with Crippen molar-refractivity contribution in [2.45, 2.75) is 32.4 Å². The van der Waals surface area contributed by atoms with Gasteiger partial charge in [0, 0.05) is 39.8 Å². The van der Waals surface area contributed by atoms with E-state index in [-0.39, 0.29) is 0 Å². The van der Waals surface area contributed by atoms with Gasteiger partial charge in [-0.2, -0.15) is 0 Å². The van der Waals surface area contributed by atoms with Gasteiger partial charge >= 0.3 is 0 Å². The quantitative estimate of drug-likeness (QED) is 0.834. The lowest BCUT2D eigenvalue weighted by molar-refractivity contribution is 0.475. The molecule has 0 aliphatic rings. The van der Waals surface area contributed by atoms with Gasteiger partial charge in [0.1, 0.15) is 0 Å². The first-order valence-corrected chi connectivity index (χ1v) is 7.79. The van der Waals surface area contributed by atoms with Crippen molar-refractivity contribution in [3.63, 3.8) is 0 Å². The van der Waals surface area contributed by atoms with E-state index in [0.29, 0.717) is 12.1 Å². The van der Waals surface area contributed by atoms with Crippen LogP contribution in [0.1, 0.15) is 31.2 Å². The fourth-order valence-corrected chi connectivity index (χ4v) is 2.90. The van der Waals surface area contributed by atoms with Crippen molar-refractivity contribution in [1.82, 2.24) is 5.32 Å². The summed E-state index contributed by atoms with van der Waals surface area (Å²) in [7, 11) is -0.675. The number of nitrogens with one attached hydrogen (secondary N) is 1. The Bertz CT molecular complexity index is 298. The average Bonchev–Trinajstić information content (AvgIpc) is 2.67. The van der Waals surface area contributed by atoms with Gasteiger partial charge in [-0.25, -0.2) is 0 Å². The monoisotopic (exact) mass is 245 g/mol. The summed E-state index contributed by atoms with van der Waals surface area (Å²) in [5, 5.41) is 5.61. The van der Waals surface area contributed by atoms with Crippen molar-refractivity contribution in [2.24, 2.45) is 0 Å². The van der Waals surface area contributed by atoms with Crippen molar-refractivity contribution in [3.05, 3.63) is 22.4 Å². The Morgan fingerprint density at radius 2 is 2.27 bits per heavy atom. The van der Waals surface area contributed by atoms with E-state index in [9.17, 15) is 4.21 Å². The van der Waals surface area contributed by atoms with Crippen LogP contribution in [-0.2, 0) is 10.8 Å². The Morgan fingerprint density at radius 1 is 1.53 bits per heavy atom. The zero-order valence-corrected chi connectivity index (χ0v) is 11.2. The second-order valence-corrected chi connectivity index (χ2v) is 6.40. The molecular weight excluding hydrogens is 226 g/mol. The van der Waals surface area contributed by atoms with E-state index in [0.717, 1.165) is 12.2 Å². The molecule has 0 aliphatic carbocycles. The van der Waals surface area contributed by atoms with Gasteiger partial charge in [0.2, 0.25) is 0 Å². The van der Waals surface area contributed by atoms with E-state index in [1.165, 1.54) is 4.88 Å². The highest BCUT2D eigenvalue weighted by molar-refractivity contribution is 7.84. The summed E-state index contributed by atoms with van der Waals surface area (Å²) in [6.07, 6.45) is 2.73. The van der Waals surface area contributed by atoms with Crippen LogP contribution < -0.4 is 5.32 Å². The fourth-order valence-electron chi connectivity index (χ4n) is 1.47. The van der Waals surface area contributed by atoms with E-state index in [4.69, 9.17) is 0 Å². The summed E-state index contributed by atoms with van der Waals surface area (Å²) < 4.78 is 10.9. The molecule has 4 heteroatoms. The molecule has 3 atom stereocenters. The van der Waals surface area contributed by atoms with Crippen LogP contribution in [0.2, 0.25) is 0 Å². The zero-order chi connectivity index (χ0) is 11.3. The van der Waals surface area contributed by atoms with Gasteiger partial charge in [0.15, 0.2) is 0 Å². The largest absolute Gasteiger partial charge is 0.307 e. The Balaban J connectivity index is 2.31. The third kappa shape index (κ3) is 4.91. The average molecular weight is 245 g/mol. The summed E-state index contributed by atoms with van der Waals surface area (Å²) in [5.41, 5.74) is 0. The van der Waals surface area contributed by atoms with Crippen LogP contribution in [0.3, 0.4) is 0 Å². The molecule has 0 bridgehead atoms. The van der Waals surface area contributed by atoms with Gasteiger partial charge < -0.3 is 5.32 Å². The molecule has 15 heavy (non-hydrogen) atoms. The van der Waals surface area contributed by atoms with Crippen LogP contribution in [-0.4, -0.2) is 22.3 Å². The van der Waals surface area contributed by atoms with Crippen molar-refractivity contribution in [3.8, 4) is 0 Å². The number of hydrogen-bond acceptors (Lipinski definition) is 3. The van der Waals surface area contributed by atoms with Gasteiger partial charge in [-0.15, -0.1) is 11.3 Å². The van der Waals surface area contributed by atoms with Crippen LogP contribution in [0.25, 0.3) is 0 Å². The van der Waals surface area contributed by atoms with Crippen molar-refractivity contribution in [1.29, 1.82) is 0 Å².